The molecule has 0 unspecified atom stereocenters. The van der Waals surface area contributed by atoms with Gasteiger partial charge in [0.15, 0.2) is 0 Å². The van der Waals surface area contributed by atoms with Crippen molar-refractivity contribution in [2.45, 2.75) is 6.54 Å². The second-order valence-corrected chi connectivity index (χ2v) is 6.11. The van der Waals surface area contributed by atoms with Gasteiger partial charge in [-0.2, -0.15) is 0 Å². The van der Waals surface area contributed by atoms with Crippen molar-refractivity contribution in [3.63, 3.8) is 0 Å². The molecular formula is C18H14BrN3. The summed E-state index contributed by atoms with van der Waals surface area (Å²) in [5.74, 6) is 0.944. The molecule has 4 rings (SSSR count). The first kappa shape index (κ1) is 13.3. The highest BCUT2D eigenvalue weighted by molar-refractivity contribution is 9.10. The van der Waals surface area contributed by atoms with E-state index in [-0.39, 0.29) is 0 Å². The van der Waals surface area contributed by atoms with Gasteiger partial charge in [-0.25, -0.2) is 4.98 Å². The predicted octanol–water partition coefficient (Wildman–Crippen LogP) is 4.90. The molecular weight excluding hydrogens is 338 g/mol. The molecule has 0 aliphatic heterocycles. The highest BCUT2D eigenvalue weighted by Crippen LogP contribution is 2.26. The van der Waals surface area contributed by atoms with Crippen LogP contribution in [-0.4, -0.2) is 14.0 Å². The molecule has 0 aliphatic rings. The van der Waals surface area contributed by atoms with Crippen LogP contribution in [0.4, 0.5) is 0 Å². The third-order valence-electron chi connectivity index (χ3n) is 3.81. The molecule has 0 amide bonds. The molecule has 4 aromatic rings. The second-order valence-electron chi connectivity index (χ2n) is 5.19. The summed E-state index contributed by atoms with van der Waals surface area (Å²) >= 11 is 3.47. The highest BCUT2D eigenvalue weighted by atomic mass is 79.9. The standard InChI is InChI=1S/C18H14BrN3/c1-2-11-21-16-5-3-4-6-17(16)22-12-15(20-18(21)22)13-7-9-14(19)10-8-13/h2-10,12H,1,11H2. The minimum atomic E-state index is 0.744. The molecule has 0 spiro atoms. The van der Waals surface area contributed by atoms with Crippen LogP contribution >= 0.6 is 15.9 Å². The van der Waals surface area contributed by atoms with Crippen molar-refractivity contribution < 1.29 is 0 Å². The lowest BCUT2D eigenvalue weighted by Gasteiger charge is -2.00. The van der Waals surface area contributed by atoms with Crippen LogP contribution in [0.1, 0.15) is 0 Å². The van der Waals surface area contributed by atoms with E-state index in [2.05, 4.69) is 74.1 Å². The van der Waals surface area contributed by atoms with Crippen LogP contribution in [0, 0.1) is 0 Å². The molecule has 4 heteroatoms. The summed E-state index contributed by atoms with van der Waals surface area (Å²) in [6.07, 6.45) is 4.00. The number of benzene rings is 2. The van der Waals surface area contributed by atoms with Gasteiger partial charge in [0.1, 0.15) is 0 Å². The molecule has 0 saturated heterocycles. The van der Waals surface area contributed by atoms with Gasteiger partial charge >= 0.3 is 0 Å². The molecule has 0 aliphatic carbocycles. The van der Waals surface area contributed by atoms with Gasteiger partial charge in [-0.15, -0.1) is 6.58 Å². The number of hydrogen-bond donors (Lipinski definition) is 0. The zero-order valence-electron chi connectivity index (χ0n) is 11.9. The van der Waals surface area contributed by atoms with E-state index >= 15 is 0 Å². The normalized spacial score (nSPS) is 11.3. The summed E-state index contributed by atoms with van der Waals surface area (Å²) in [6, 6.07) is 16.6. The van der Waals surface area contributed by atoms with Crippen molar-refractivity contribution in [1.29, 1.82) is 0 Å². The van der Waals surface area contributed by atoms with Gasteiger partial charge in [0, 0.05) is 22.8 Å². The Bertz CT molecular complexity index is 977. The Morgan fingerprint density at radius 1 is 1.05 bits per heavy atom. The Morgan fingerprint density at radius 2 is 1.77 bits per heavy atom. The number of hydrogen-bond acceptors (Lipinski definition) is 1. The maximum Gasteiger partial charge on any atom is 0.215 e. The maximum absolute atomic E-state index is 4.83. The molecule has 0 bridgehead atoms. The van der Waals surface area contributed by atoms with Crippen LogP contribution < -0.4 is 0 Å². The van der Waals surface area contributed by atoms with Crippen LogP contribution in [0.2, 0.25) is 0 Å². The highest BCUT2D eigenvalue weighted by Gasteiger charge is 2.13. The maximum atomic E-state index is 4.83. The Morgan fingerprint density at radius 3 is 2.50 bits per heavy atom. The minimum Gasteiger partial charge on any atom is -0.306 e. The molecule has 2 aromatic carbocycles. The van der Waals surface area contributed by atoms with E-state index in [4.69, 9.17) is 4.98 Å². The van der Waals surface area contributed by atoms with Gasteiger partial charge in [-0.3, -0.25) is 4.40 Å². The number of halogens is 1. The average Bonchev–Trinajstić information content (AvgIpc) is 3.08. The van der Waals surface area contributed by atoms with Crippen LogP contribution in [0.15, 0.2) is 71.9 Å². The number of imidazole rings is 2. The first-order valence-corrected chi connectivity index (χ1v) is 7.90. The number of aromatic nitrogens is 3. The second kappa shape index (κ2) is 5.14. The molecule has 108 valence electrons. The summed E-state index contributed by atoms with van der Waals surface area (Å²) < 4.78 is 5.41. The third-order valence-corrected chi connectivity index (χ3v) is 4.34. The number of rotatable bonds is 3. The first-order chi connectivity index (χ1) is 10.8. The zero-order chi connectivity index (χ0) is 15.1. The van der Waals surface area contributed by atoms with E-state index in [0.29, 0.717) is 0 Å². The van der Waals surface area contributed by atoms with Crippen molar-refractivity contribution in [2.75, 3.05) is 0 Å². The Labute approximate surface area is 136 Å². The molecule has 22 heavy (non-hydrogen) atoms. The van der Waals surface area contributed by atoms with Gasteiger partial charge in [0.25, 0.3) is 0 Å². The molecule has 0 N–H and O–H groups in total. The average molecular weight is 352 g/mol. The van der Waals surface area contributed by atoms with Crippen LogP contribution in [0.5, 0.6) is 0 Å². The third kappa shape index (κ3) is 1.99. The van der Waals surface area contributed by atoms with Crippen LogP contribution in [0.25, 0.3) is 28.1 Å². The molecule has 3 nitrogen and oxygen atoms in total. The Hall–Kier alpha value is -2.33. The van der Waals surface area contributed by atoms with Crippen LogP contribution in [-0.2, 0) is 6.54 Å². The summed E-state index contributed by atoms with van der Waals surface area (Å²) in [5, 5.41) is 0. The van der Waals surface area contributed by atoms with E-state index < -0.39 is 0 Å². The van der Waals surface area contributed by atoms with Gasteiger partial charge < -0.3 is 4.57 Å². The van der Waals surface area contributed by atoms with Gasteiger partial charge in [-0.1, -0.05) is 46.3 Å². The summed E-state index contributed by atoms with van der Waals surface area (Å²) in [6.45, 7) is 4.60. The van der Waals surface area contributed by atoms with E-state index in [9.17, 15) is 0 Å². The molecule has 0 atom stereocenters. The van der Waals surface area contributed by atoms with Gasteiger partial charge in [0.05, 0.1) is 16.7 Å². The van der Waals surface area contributed by atoms with E-state index in [1.807, 2.05) is 18.2 Å². The quantitative estimate of drug-likeness (QED) is 0.481. The predicted molar refractivity (Wildman–Crippen MR) is 94.0 cm³/mol. The SMILES string of the molecule is C=CCn1c2ccccc2n2cc(-c3ccc(Br)cc3)nc12. The van der Waals surface area contributed by atoms with E-state index in [1.54, 1.807) is 0 Å². The lowest BCUT2D eigenvalue weighted by atomic mass is 10.2. The van der Waals surface area contributed by atoms with Crippen molar-refractivity contribution in [3.8, 4) is 11.3 Å². The number of allylic oxidation sites excluding steroid dienone is 1. The zero-order valence-corrected chi connectivity index (χ0v) is 13.5. The summed E-state index contributed by atoms with van der Waals surface area (Å²) in [5.41, 5.74) is 4.43. The van der Waals surface area contributed by atoms with Gasteiger partial charge in [-0.05, 0) is 24.3 Å². The number of para-hydroxylation sites is 2. The number of fused-ring (bicyclic) bond motifs is 3. The molecule has 2 heterocycles. The fourth-order valence-electron chi connectivity index (χ4n) is 2.81. The van der Waals surface area contributed by atoms with Crippen molar-refractivity contribution >= 4 is 32.7 Å². The fourth-order valence-corrected chi connectivity index (χ4v) is 3.08. The van der Waals surface area contributed by atoms with E-state index in [0.717, 1.165) is 33.6 Å². The Kier molecular flexibility index (Phi) is 3.12. The topological polar surface area (TPSA) is 22.2 Å². The molecule has 0 fully saturated rings. The fraction of sp³-hybridized carbons (Fsp3) is 0.0556. The van der Waals surface area contributed by atoms with E-state index in [1.165, 1.54) is 5.52 Å². The minimum absolute atomic E-state index is 0.744. The van der Waals surface area contributed by atoms with Crippen molar-refractivity contribution in [1.82, 2.24) is 14.0 Å². The molecule has 0 radical (unpaired) electrons. The van der Waals surface area contributed by atoms with Crippen LogP contribution in [0.3, 0.4) is 0 Å². The first-order valence-electron chi connectivity index (χ1n) is 7.11. The smallest absolute Gasteiger partial charge is 0.215 e. The summed E-state index contributed by atoms with van der Waals surface area (Å²) in [4.78, 5) is 4.83. The van der Waals surface area contributed by atoms with Crippen molar-refractivity contribution in [2.24, 2.45) is 0 Å². The lowest BCUT2D eigenvalue weighted by molar-refractivity contribution is 0.874. The number of nitrogens with zero attached hydrogens (tertiary/aromatic N) is 3. The monoisotopic (exact) mass is 351 g/mol. The van der Waals surface area contributed by atoms with Crippen molar-refractivity contribution in [3.05, 3.63) is 71.9 Å². The Balaban J connectivity index is 1.99. The lowest BCUT2D eigenvalue weighted by Crippen LogP contribution is -1.95. The molecule has 2 aromatic heterocycles. The largest absolute Gasteiger partial charge is 0.306 e. The van der Waals surface area contributed by atoms with Gasteiger partial charge in [0.2, 0.25) is 5.78 Å². The summed E-state index contributed by atoms with van der Waals surface area (Å²) in [7, 11) is 0. The molecule has 0 saturated carbocycles.